The highest BCUT2D eigenvalue weighted by Crippen LogP contribution is 2.13. The van der Waals surface area contributed by atoms with Gasteiger partial charge in [0.1, 0.15) is 28.8 Å². The Balaban J connectivity index is 4.41. The molecular formula is C39H73N7O11. The average molecular weight is 816 g/mol. The maximum Gasteiger partial charge on any atom is 0.437 e. The van der Waals surface area contributed by atoms with E-state index < -0.39 is 52.7 Å². The van der Waals surface area contributed by atoms with Crippen molar-refractivity contribution < 1.29 is 52.9 Å². The summed E-state index contributed by atoms with van der Waals surface area (Å²) in [4.78, 5) is 79.0. The number of hydrogen-bond donors (Lipinski definition) is 5. The molecule has 0 aliphatic rings. The average Bonchev–Trinajstić information content (AvgIpc) is 3.00. The second-order valence-electron chi connectivity index (χ2n) is 17.6. The zero-order valence-corrected chi connectivity index (χ0v) is 36.7. The van der Waals surface area contributed by atoms with Gasteiger partial charge in [-0.3, -0.25) is 20.1 Å². The molecule has 0 aliphatic heterocycles. The van der Waals surface area contributed by atoms with Crippen LogP contribution in [0, 0.1) is 0 Å². The van der Waals surface area contributed by atoms with Crippen LogP contribution in [0.3, 0.4) is 0 Å². The Kier molecular flexibility index (Phi) is 23.8. The number of nitrogens with zero attached hydrogens (tertiary/aromatic N) is 3. The molecule has 0 radical (unpaired) electrons. The maximum absolute atomic E-state index is 12.7. The van der Waals surface area contributed by atoms with Gasteiger partial charge in [-0.05, 0) is 115 Å². The van der Waals surface area contributed by atoms with Crippen LogP contribution in [-0.2, 0) is 28.5 Å². The predicted molar refractivity (Wildman–Crippen MR) is 216 cm³/mol. The minimum absolute atomic E-state index is 0.0940. The molecule has 0 saturated carbocycles. The monoisotopic (exact) mass is 816 g/mol. The zero-order valence-electron chi connectivity index (χ0n) is 36.7. The fraction of sp³-hybridized carbons (Fsp3) is 0.821. The van der Waals surface area contributed by atoms with Crippen molar-refractivity contribution in [1.29, 1.82) is 0 Å². The van der Waals surface area contributed by atoms with Gasteiger partial charge >= 0.3 is 24.4 Å². The van der Waals surface area contributed by atoms with Gasteiger partial charge in [0.2, 0.25) is 17.8 Å². The van der Waals surface area contributed by atoms with Gasteiger partial charge in [-0.25, -0.2) is 24.2 Å². The van der Waals surface area contributed by atoms with Crippen molar-refractivity contribution in [3.63, 3.8) is 0 Å². The van der Waals surface area contributed by atoms with Crippen LogP contribution in [0.25, 0.3) is 0 Å². The Labute approximate surface area is 339 Å². The minimum Gasteiger partial charge on any atom is -0.444 e. The SMILES string of the molecule is CC(C)(C)OC(=O)N=C(NC(=O)OC(C)(C)C)N(O)CCCCCCCCNC(=O)CC(=O)NCCCCN(CCCNC(=O)OC(C)(C)C)C(=O)OC(C)(C)C. The summed E-state index contributed by atoms with van der Waals surface area (Å²) in [5.74, 6) is -1.15. The van der Waals surface area contributed by atoms with Crippen LogP contribution < -0.4 is 21.3 Å². The van der Waals surface area contributed by atoms with E-state index in [0.29, 0.717) is 63.5 Å². The number of amides is 6. The highest BCUT2D eigenvalue weighted by atomic mass is 16.6. The van der Waals surface area contributed by atoms with Crippen LogP contribution in [0.4, 0.5) is 19.2 Å². The number of rotatable bonds is 20. The van der Waals surface area contributed by atoms with Crippen molar-refractivity contribution in [3.8, 4) is 0 Å². The lowest BCUT2D eigenvalue weighted by Crippen LogP contribution is -2.45. The number of guanidine groups is 1. The summed E-state index contributed by atoms with van der Waals surface area (Å²) in [6, 6.07) is 0. The molecule has 330 valence electrons. The number of nitrogens with one attached hydrogen (secondary N) is 4. The fourth-order valence-corrected chi connectivity index (χ4v) is 4.67. The molecule has 0 rings (SSSR count). The van der Waals surface area contributed by atoms with Gasteiger partial charge < -0.3 is 39.8 Å². The molecule has 0 bridgehead atoms. The smallest absolute Gasteiger partial charge is 0.437 e. The first-order chi connectivity index (χ1) is 26.2. The lowest BCUT2D eigenvalue weighted by molar-refractivity contribution is -0.129. The number of hydroxylamine groups is 2. The maximum atomic E-state index is 12.7. The lowest BCUT2D eigenvalue weighted by Gasteiger charge is -2.27. The Hall–Kier alpha value is -4.35. The first kappa shape index (κ1) is 52.6. The molecule has 0 spiro atoms. The topological polar surface area (TPSA) is 227 Å². The quantitative estimate of drug-likeness (QED) is 0.0225. The van der Waals surface area contributed by atoms with Crippen molar-refractivity contribution in [2.45, 2.75) is 170 Å². The third-order valence-corrected chi connectivity index (χ3v) is 6.99. The highest BCUT2D eigenvalue weighted by molar-refractivity contribution is 5.98. The number of aliphatic imine (C=N–C) groups is 1. The Morgan fingerprint density at radius 1 is 0.509 bits per heavy atom. The van der Waals surface area contributed by atoms with Crippen LogP contribution in [0.1, 0.15) is 147 Å². The summed E-state index contributed by atoms with van der Waals surface area (Å²) < 4.78 is 21.1. The van der Waals surface area contributed by atoms with Gasteiger partial charge in [0.05, 0.1) is 0 Å². The number of hydrogen-bond acceptors (Lipinski definition) is 11. The summed E-state index contributed by atoms with van der Waals surface area (Å²) in [6.07, 6.45) is 3.18. The van der Waals surface area contributed by atoms with E-state index in [4.69, 9.17) is 18.9 Å². The number of alkyl carbamates (subject to hydrolysis) is 2. The predicted octanol–water partition coefficient (Wildman–Crippen LogP) is 6.39. The van der Waals surface area contributed by atoms with Crippen molar-refractivity contribution in [2.24, 2.45) is 4.99 Å². The van der Waals surface area contributed by atoms with Crippen molar-refractivity contribution in [2.75, 3.05) is 39.3 Å². The molecule has 0 unspecified atom stereocenters. The highest BCUT2D eigenvalue weighted by Gasteiger charge is 2.24. The second kappa shape index (κ2) is 25.8. The van der Waals surface area contributed by atoms with Gasteiger partial charge in [-0.15, -0.1) is 4.99 Å². The normalized spacial score (nSPS) is 12.2. The second-order valence-corrected chi connectivity index (χ2v) is 17.6. The number of ether oxygens (including phenoxy) is 4. The van der Waals surface area contributed by atoms with E-state index in [9.17, 15) is 34.0 Å². The van der Waals surface area contributed by atoms with Crippen LogP contribution in [0.2, 0.25) is 0 Å². The third kappa shape index (κ3) is 32.4. The summed E-state index contributed by atoms with van der Waals surface area (Å²) in [6.45, 7) is 22.7. The molecule has 57 heavy (non-hydrogen) atoms. The van der Waals surface area contributed by atoms with Gasteiger partial charge in [-0.2, -0.15) is 0 Å². The van der Waals surface area contributed by atoms with Crippen LogP contribution >= 0.6 is 0 Å². The van der Waals surface area contributed by atoms with Gasteiger partial charge in [0, 0.05) is 39.3 Å². The Morgan fingerprint density at radius 2 is 0.930 bits per heavy atom. The molecule has 0 heterocycles. The molecule has 0 aromatic heterocycles. The van der Waals surface area contributed by atoms with Crippen LogP contribution in [-0.4, -0.2) is 119 Å². The number of carbonyl (C=O) groups excluding carboxylic acids is 6. The third-order valence-electron chi connectivity index (χ3n) is 6.99. The van der Waals surface area contributed by atoms with Crippen molar-refractivity contribution in [3.05, 3.63) is 0 Å². The molecule has 0 fully saturated rings. The molecule has 0 saturated heterocycles. The summed E-state index contributed by atoms with van der Waals surface area (Å²) in [5, 5.41) is 21.7. The summed E-state index contributed by atoms with van der Waals surface area (Å²) in [5.41, 5.74) is -2.89. The molecule has 18 nitrogen and oxygen atoms in total. The summed E-state index contributed by atoms with van der Waals surface area (Å²) >= 11 is 0. The lowest BCUT2D eigenvalue weighted by atomic mass is 10.1. The molecule has 0 aromatic carbocycles. The zero-order chi connectivity index (χ0) is 43.9. The van der Waals surface area contributed by atoms with Gasteiger partial charge in [0.15, 0.2) is 0 Å². The first-order valence-corrected chi connectivity index (χ1v) is 19.9. The van der Waals surface area contributed by atoms with Crippen molar-refractivity contribution >= 4 is 42.1 Å². The number of carbonyl (C=O) groups is 6. The van der Waals surface area contributed by atoms with Crippen LogP contribution in [0.15, 0.2) is 4.99 Å². The van der Waals surface area contributed by atoms with E-state index in [-0.39, 0.29) is 24.8 Å². The molecule has 0 aromatic rings. The largest absolute Gasteiger partial charge is 0.444 e. The minimum atomic E-state index is -0.975. The standard InChI is InChI=1S/C39H73N7O11/c1-36(2,3)54-32(49)42-24-21-26-45(35(52)57-39(10,11)12)25-20-18-23-41-30(48)28-29(47)40-22-17-15-13-14-16-19-27-46(53)31(43-33(50)55-37(4,5)6)44-34(51)56-38(7,8)9/h53H,13-28H2,1-12H3,(H,40,47)(H,41,48)(H,42,49)(H,43,44,50,51). The molecule has 5 N–H and O–H groups in total. The van der Waals surface area contributed by atoms with Crippen LogP contribution in [0.5, 0.6) is 0 Å². The fourth-order valence-electron chi connectivity index (χ4n) is 4.67. The Morgan fingerprint density at radius 3 is 1.46 bits per heavy atom. The van der Waals surface area contributed by atoms with E-state index in [1.165, 1.54) is 0 Å². The molecule has 0 aliphatic carbocycles. The van der Waals surface area contributed by atoms with Gasteiger partial charge in [-0.1, -0.05) is 25.7 Å². The Bertz CT molecular complexity index is 1300. The molecular weight excluding hydrogens is 742 g/mol. The number of unbranched alkanes of at least 4 members (excludes halogenated alkanes) is 6. The van der Waals surface area contributed by atoms with E-state index in [1.54, 1.807) is 88.0 Å². The summed E-state index contributed by atoms with van der Waals surface area (Å²) in [7, 11) is 0. The molecule has 6 amide bonds. The van der Waals surface area contributed by atoms with Crippen molar-refractivity contribution in [1.82, 2.24) is 31.2 Å². The van der Waals surface area contributed by atoms with E-state index in [0.717, 1.165) is 32.1 Å². The molecule has 18 heteroatoms. The van der Waals surface area contributed by atoms with Gasteiger partial charge in [0.25, 0.3) is 0 Å². The van der Waals surface area contributed by atoms with E-state index in [2.05, 4.69) is 26.3 Å². The van der Waals surface area contributed by atoms with E-state index >= 15 is 0 Å². The van der Waals surface area contributed by atoms with E-state index in [1.807, 2.05) is 0 Å². The molecule has 0 atom stereocenters. The first-order valence-electron chi connectivity index (χ1n) is 19.9.